The van der Waals surface area contributed by atoms with Crippen molar-refractivity contribution in [3.8, 4) is 23.1 Å². The van der Waals surface area contributed by atoms with Crippen LogP contribution in [0.25, 0.3) is 16.8 Å². The van der Waals surface area contributed by atoms with Gasteiger partial charge in [0.2, 0.25) is 0 Å². The van der Waals surface area contributed by atoms with Gasteiger partial charge in [-0.3, -0.25) is 9.59 Å². The first-order valence-electron chi connectivity index (χ1n) is 11.3. The number of rotatable bonds is 4. The molecule has 5 rings (SSSR count). The molecule has 168 valence electrons. The van der Waals surface area contributed by atoms with Crippen molar-refractivity contribution in [1.82, 2.24) is 14.3 Å². The molecule has 34 heavy (non-hydrogen) atoms. The number of carbonyl (C=O) groups is 2. The van der Waals surface area contributed by atoms with Gasteiger partial charge in [-0.2, -0.15) is 0 Å². The molecule has 4 aromatic rings. The molecule has 0 radical (unpaired) electrons. The minimum absolute atomic E-state index is 0.0181. The Balaban J connectivity index is 1.47. The van der Waals surface area contributed by atoms with Gasteiger partial charge in [-0.15, -0.1) is 0 Å². The molecule has 2 amide bonds. The molecule has 3 heterocycles. The summed E-state index contributed by atoms with van der Waals surface area (Å²) in [6.07, 6.45) is 5.41. The predicted molar refractivity (Wildman–Crippen MR) is 132 cm³/mol. The first kappa shape index (κ1) is 21.5. The quantitative estimate of drug-likeness (QED) is 0.450. The van der Waals surface area contributed by atoms with Gasteiger partial charge in [0.15, 0.2) is 0 Å². The lowest BCUT2D eigenvalue weighted by Crippen LogP contribution is -2.29. The highest BCUT2D eigenvalue weighted by molar-refractivity contribution is 6.04. The molecule has 0 aliphatic carbocycles. The number of nitrogens with one attached hydrogen (secondary N) is 1. The van der Waals surface area contributed by atoms with Crippen LogP contribution < -0.4 is 5.32 Å². The second kappa shape index (κ2) is 9.24. The summed E-state index contributed by atoms with van der Waals surface area (Å²) >= 11 is 0. The largest absolute Gasteiger partial charge is 0.325 e. The SMILES string of the molecule is CC#CC(=O)N1CCCC1c1cc(-c2ccc(C(=O)Nc3ccccc3)cc2)n2cnccc12. The maximum atomic E-state index is 12.6. The Morgan fingerprint density at radius 3 is 2.62 bits per heavy atom. The molecule has 1 atom stereocenters. The Bertz CT molecular complexity index is 1410. The minimum Gasteiger partial charge on any atom is -0.325 e. The second-order valence-electron chi connectivity index (χ2n) is 8.25. The highest BCUT2D eigenvalue weighted by Crippen LogP contribution is 2.38. The van der Waals surface area contributed by atoms with Gasteiger partial charge < -0.3 is 14.6 Å². The fourth-order valence-electron chi connectivity index (χ4n) is 4.60. The van der Waals surface area contributed by atoms with E-state index in [1.807, 2.05) is 70.0 Å². The van der Waals surface area contributed by atoms with Gasteiger partial charge in [0.05, 0.1) is 23.6 Å². The van der Waals surface area contributed by atoms with Gasteiger partial charge in [-0.1, -0.05) is 36.3 Å². The third-order valence-electron chi connectivity index (χ3n) is 6.19. The fraction of sp³-hybridized carbons (Fsp3) is 0.179. The molecule has 2 aromatic carbocycles. The van der Waals surface area contributed by atoms with Crippen LogP contribution in [-0.2, 0) is 4.79 Å². The van der Waals surface area contributed by atoms with Crippen LogP contribution in [0.3, 0.4) is 0 Å². The van der Waals surface area contributed by atoms with E-state index < -0.39 is 0 Å². The molecule has 6 nitrogen and oxygen atoms in total. The van der Waals surface area contributed by atoms with Crippen LogP contribution in [0.5, 0.6) is 0 Å². The lowest BCUT2D eigenvalue weighted by molar-refractivity contribution is -0.125. The number of nitrogens with zero attached hydrogens (tertiary/aromatic N) is 3. The van der Waals surface area contributed by atoms with Crippen molar-refractivity contribution in [2.24, 2.45) is 0 Å². The Kier molecular flexibility index (Phi) is 5.84. The van der Waals surface area contributed by atoms with Crippen molar-refractivity contribution in [3.63, 3.8) is 0 Å². The van der Waals surface area contributed by atoms with Crippen molar-refractivity contribution < 1.29 is 9.59 Å². The maximum Gasteiger partial charge on any atom is 0.298 e. The minimum atomic E-state index is -0.155. The second-order valence-corrected chi connectivity index (χ2v) is 8.25. The van der Waals surface area contributed by atoms with E-state index in [0.717, 1.165) is 40.9 Å². The molecule has 2 aromatic heterocycles. The Labute approximate surface area is 198 Å². The van der Waals surface area contributed by atoms with E-state index >= 15 is 0 Å². The molecule has 1 unspecified atom stereocenters. The number of fused-ring (bicyclic) bond motifs is 1. The topological polar surface area (TPSA) is 66.7 Å². The van der Waals surface area contributed by atoms with Crippen molar-refractivity contribution in [2.75, 3.05) is 11.9 Å². The van der Waals surface area contributed by atoms with E-state index in [9.17, 15) is 9.59 Å². The predicted octanol–water partition coefficient (Wildman–Crippen LogP) is 4.94. The van der Waals surface area contributed by atoms with Crippen molar-refractivity contribution >= 4 is 23.0 Å². The van der Waals surface area contributed by atoms with Crippen LogP contribution >= 0.6 is 0 Å². The summed E-state index contributed by atoms with van der Waals surface area (Å²) in [4.78, 5) is 31.4. The van der Waals surface area contributed by atoms with Crippen LogP contribution in [0, 0.1) is 11.8 Å². The molecule has 1 aliphatic rings. The number of para-hydroxylation sites is 1. The summed E-state index contributed by atoms with van der Waals surface area (Å²) in [6, 6.07) is 21.0. The molecule has 1 fully saturated rings. The zero-order valence-electron chi connectivity index (χ0n) is 18.9. The Morgan fingerprint density at radius 2 is 1.85 bits per heavy atom. The van der Waals surface area contributed by atoms with Gasteiger partial charge in [0.25, 0.3) is 11.8 Å². The van der Waals surface area contributed by atoms with E-state index in [2.05, 4.69) is 28.2 Å². The number of hydrogen-bond donors (Lipinski definition) is 1. The molecular weight excluding hydrogens is 424 g/mol. The zero-order chi connectivity index (χ0) is 23.5. The number of amides is 2. The van der Waals surface area contributed by atoms with E-state index in [0.29, 0.717) is 12.1 Å². The average molecular weight is 449 g/mol. The van der Waals surface area contributed by atoms with Crippen LogP contribution in [0.1, 0.15) is 41.7 Å². The smallest absolute Gasteiger partial charge is 0.298 e. The van der Waals surface area contributed by atoms with Crippen molar-refractivity contribution in [2.45, 2.75) is 25.8 Å². The van der Waals surface area contributed by atoms with Gasteiger partial charge in [0, 0.05) is 29.6 Å². The fourth-order valence-corrected chi connectivity index (χ4v) is 4.60. The molecule has 6 heteroatoms. The number of benzene rings is 2. The summed E-state index contributed by atoms with van der Waals surface area (Å²) in [6.45, 7) is 2.39. The normalized spacial score (nSPS) is 15.1. The van der Waals surface area contributed by atoms with Gasteiger partial charge >= 0.3 is 0 Å². The van der Waals surface area contributed by atoms with E-state index in [-0.39, 0.29) is 17.9 Å². The third-order valence-corrected chi connectivity index (χ3v) is 6.19. The van der Waals surface area contributed by atoms with Gasteiger partial charge in [-0.05, 0) is 67.6 Å². The molecule has 1 N–H and O–H groups in total. The Morgan fingerprint density at radius 1 is 1.06 bits per heavy atom. The van der Waals surface area contributed by atoms with Crippen molar-refractivity contribution in [3.05, 3.63) is 90.4 Å². The summed E-state index contributed by atoms with van der Waals surface area (Å²) in [7, 11) is 0. The lowest BCUT2D eigenvalue weighted by atomic mass is 10.0. The number of hydrogen-bond acceptors (Lipinski definition) is 3. The van der Waals surface area contributed by atoms with Crippen molar-refractivity contribution in [1.29, 1.82) is 0 Å². The molecule has 0 saturated carbocycles. The highest BCUT2D eigenvalue weighted by atomic mass is 16.2. The first-order valence-corrected chi connectivity index (χ1v) is 11.3. The van der Waals surface area contributed by atoms with E-state index in [1.54, 1.807) is 19.4 Å². The number of aromatic nitrogens is 2. The van der Waals surface area contributed by atoms with Crippen LogP contribution in [0.4, 0.5) is 5.69 Å². The summed E-state index contributed by atoms with van der Waals surface area (Å²) < 4.78 is 2.04. The number of carbonyl (C=O) groups excluding carboxylic acids is 2. The molecule has 0 bridgehead atoms. The standard InChI is InChI=1S/C28H24N4O2/c1-2-7-27(33)31-17-6-10-24(31)23-18-26(32-19-29-16-15-25(23)32)20-11-13-21(14-12-20)28(34)30-22-8-4-3-5-9-22/h3-5,8-9,11-16,18-19,24H,6,10,17H2,1H3,(H,30,34). The lowest BCUT2D eigenvalue weighted by Gasteiger charge is -2.22. The maximum absolute atomic E-state index is 12.6. The van der Waals surface area contributed by atoms with E-state index in [1.165, 1.54) is 0 Å². The van der Waals surface area contributed by atoms with Crippen LogP contribution in [-0.4, -0.2) is 32.6 Å². The van der Waals surface area contributed by atoms with Crippen LogP contribution in [0.2, 0.25) is 0 Å². The van der Waals surface area contributed by atoms with Gasteiger partial charge in [0.1, 0.15) is 0 Å². The third kappa shape index (κ3) is 4.04. The summed E-state index contributed by atoms with van der Waals surface area (Å²) in [5, 5.41) is 2.91. The highest BCUT2D eigenvalue weighted by Gasteiger charge is 2.31. The summed E-state index contributed by atoms with van der Waals surface area (Å²) in [5.41, 5.74) is 5.38. The summed E-state index contributed by atoms with van der Waals surface area (Å²) in [5.74, 6) is 5.13. The molecule has 0 spiro atoms. The average Bonchev–Trinajstić information content (AvgIpc) is 3.50. The monoisotopic (exact) mass is 448 g/mol. The molecule has 1 aliphatic heterocycles. The van der Waals surface area contributed by atoms with Crippen LogP contribution in [0.15, 0.2) is 79.3 Å². The van der Waals surface area contributed by atoms with E-state index in [4.69, 9.17) is 0 Å². The van der Waals surface area contributed by atoms with Gasteiger partial charge in [-0.25, -0.2) is 4.98 Å². The Hall–Kier alpha value is -4.37. The molecule has 1 saturated heterocycles. The number of likely N-dealkylation sites (tertiary alicyclic amines) is 1. The zero-order valence-corrected chi connectivity index (χ0v) is 18.9. The number of anilines is 1. The first-order chi connectivity index (χ1) is 16.7. The molecular formula is C28H24N4O2.